The van der Waals surface area contributed by atoms with Gasteiger partial charge in [-0.1, -0.05) is 92.2 Å². The van der Waals surface area contributed by atoms with E-state index >= 15 is 0 Å². The van der Waals surface area contributed by atoms with E-state index < -0.39 is 150 Å². The second-order valence-corrected chi connectivity index (χ2v) is 25.7. The van der Waals surface area contributed by atoms with Crippen molar-refractivity contribution in [2.75, 3.05) is 69.0 Å². The Bertz CT molecular complexity index is 2580. The van der Waals surface area contributed by atoms with Crippen LogP contribution in [0.1, 0.15) is 151 Å². The number of halogens is 3. The van der Waals surface area contributed by atoms with Crippen molar-refractivity contribution in [2.45, 2.75) is 200 Å². The zero-order valence-corrected chi connectivity index (χ0v) is 54.5. The van der Waals surface area contributed by atoms with E-state index in [0.29, 0.717) is 12.0 Å². The van der Waals surface area contributed by atoms with Crippen LogP contribution in [0, 0.1) is 23.7 Å². The highest BCUT2D eigenvalue weighted by atomic mass is 19.4. The highest BCUT2D eigenvalue weighted by molar-refractivity contribution is 5.98. The van der Waals surface area contributed by atoms with Gasteiger partial charge in [0.25, 0.3) is 0 Å². The molecule has 1 heterocycles. The number of hydrogen-bond donors (Lipinski definition) is 4. The largest absolute Gasteiger partial charge is 0.416 e. The Labute approximate surface area is 513 Å². The predicted octanol–water partition coefficient (Wildman–Crippen LogP) is 4.22. The molecule has 0 bridgehead atoms. The van der Waals surface area contributed by atoms with E-state index in [4.69, 9.17) is 0 Å². The normalized spacial score (nSPS) is 25.4. The predicted molar refractivity (Wildman–Crippen MR) is 322 cm³/mol. The quantitative estimate of drug-likeness (QED) is 0.244. The number of nitrogens with zero attached hydrogens (tertiary/aromatic N) is 7. The van der Waals surface area contributed by atoms with Gasteiger partial charge in [0.05, 0.1) is 25.2 Å². The minimum absolute atomic E-state index is 0.0144. The average molecular weight is 1230 g/mol. The molecule has 2 aliphatic rings. The van der Waals surface area contributed by atoms with Gasteiger partial charge in [-0.2, -0.15) is 13.2 Å². The van der Waals surface area contributed by atoms with Gasteiger partial charge in [0.1, 0.15) is 41.8 Å². The summed E-state index contributed by atoms with van der Waals surface area (Å²) in [7, 11) is 9.74. The molecule has 11 amide bonds. The molecule has 2 fully saturated rings. The van der Waals surface area contributed by atoms with Gasteiger partial charge in [0.15, 0.2) is 0 Å². The molecule has 25 heteroatoms. The van der Waals surface area contributed by atoms with E-state index in [9.17, 15) is 65.9 Å². The van der Waals surface area contributed by atoms with Crippen LogP contribution in [0.2, 0.25) is 0 Å². The number of alkyl halides is 3. The first-order valence-electron chi connectivity index (χ1n) is 30.5. The fourth-order valence-electron chi connectivity index (χ4n) is 10.9. The lowest BCUT2D eigenvalue weighted by atomic mass is 9.84. The van der Waals surface area contributed by atoms with Crippen LogP contribution < -0.4 is 21.3 Å². The third-order valence-electron chi connectivity index (χ3n) is 16.9. The summed E-state index contributed by atoms with van der Waals surface area (Å²) in [5.74, 6) is -8.02. The molecule has 0 aromatic heterocycles. The number of carbonyl (C=O) groups is 11. The van der Waals surface area contributed by atoms with E-state index in [0.717, 1.165) is 63.8 Å². The van der Waals surface area contributed by atoms with Gasteiger partial charge < -0.3 is 55.6 Å². The summed E-state index contributed by atoms with van der Waals surface area (Å²) in [5.41, 5.74) is -2.20. The Balaban J connectivity index is 2.17. The number of benzene rings is 1. The van der Waals surface area contributed by atoms with Crippen LogP contribution >= 0.6 is 0 Å². The Morgan fingerprint density at radius 3 is 1.67 bits per heavy atom. The first kappa shape index (κ1) is 74.4. The van der Waals surface area contributed by atoms with Crippen molar-refractivity contribution in [3.63, 3.8) is 0 Å². The fraction of sp³-hybridized carbons (Fsp3) is 0.726. The monoisotopic (exact) mass is 1230 g/mol. The molecule has 0 radical (unpaired) electrons. The highest BCUT2D eigenvalue weighted by Gasteiger charge is 2.42. The summed E-state index contributed by atoms with van der Waals surface area (Å²) in [6.45, 7) is 15.3. The Kier molecular flexibility index (Phi) is 28.2. The number of amides is 11. The fourth-order valence-corrected chi connectivity index (χ4v) is 10.9. The smallest absolute Gasteiger partial charge is 0.351 e. The van der Waals surface area contributed by atoms with Crippen molar-refractivity contribution < 1.29 is 65.9 Å². The maximum absolute atomic E-state index is 14.9. The number of likely N-dealkylation sites (N-methyl/N-ethyl adjacent to an activating group) is 7. The Morgan fingerprint density at radius 1 is 0.586 bits per heavy atom. The lowest BCUT2D eigenvalue weighted by molar-refractivity contribution is -0.149. The average Bonchev–Trinajstić information content (AvgIpc) is 1.57. The molecule has 1 aliphatic heterocycles. The molecule has 1 aromatic carbocycles. The zero-order valence-electron chi connectivity index (χ0n) is 54.5. The topological polar surface area (TPSA) is 259 Å². The Hall–Kier alpha value is -6.82. The molecular weight excluding hydrogens is 1130 g/mol. The van der Waals surface area contributed by atoms with E-state index in [1.165, 1.54) is 96.9 Å². The second kappa shape index (κ2) is 33.0. The number of hydrogen-bond acceptors (Lipinski definition) is 11. The van der Waals surface area contributed by atoms with Crippen LogP contribution in [0.5, 0.6) is 0 Å². The van der Waals surface area contributed by atoms with E-state index in [2.05, 4.69) is 21.3 Å². The first-order chi connectivity index (χ1) is 40.3. The SMILES string of the molecule is CCC(C)[C@@H]1NC(=O)[C@H](C)N(C)C(=O)C[C@@H](C)NC(=O)[C@H](CC(C)C)N(C)C(=O)C(C)(C)NC(=O)[C@H](CC(C)C)N(C)C(=O)[C@H](CCc2ccc(C(F)(F)F)cc2)NC(=O)CN(C)C(=O)[C@H](CC2CCCCC2)N(C)C(=O)CN(C)C(=O)CN(C)C1=O. The van der Waals surface area contributed by atoms with Crippen LogP contribution in [0.3, 0.4) is 0 Å². The lowest BCUT2D eigenvalue weighted by Gasteiger charge is -2.38. The second-order valence-electron chi connectivity index (χ2n) is 25.7. The molecule has 490 valence electrons. The molecule has 1 saturated heterocycles. The highest BCUT2D eigenvalue weighted by Crippen LogP contribution is 2.31. The van der Waals surface area contributed by atoms with Crippen molar-refractivity contribution in [1.82, 2.24) is 55.6 Å². The third-order valence-corrected chi connectivity index (χ3v) is 16.9. The minimum Gasteiger partial charge on any atom is -0.351 e. The van der Waals surface area contributed by atoms with E-state index in [-0.39, 0.29) is 56.3 Å². The minimum atomic E-state index is -4.61. The maximum atomic E-state index is 14.9. The molecule has 1 saturated carbocycles. The molecule has 87 heavy (non-hydrogen) atoms. The van der Waals surface area contributed by atoms with Crippen molar-refractivity contribution in [3.05, 3.63) is 35.4 Å². The summed E-state index contributed by atoms with van der Waals surface area (Å²) in [5, 5.41) is 11.1. The molecule has 0 spiro atoms. The Morgan fingerprint density at radius 2 is 1.13 bits per heavy atom. The van der Waals surface area contributed by atoms with Crippen LogP contribution in [0.15, 0.2) is 24.3 Å². The molecule has 3 rings (SSSR count). The van der Waals surface area contributed by atoms with Gasteiger partial charge in [0, 0.05) is 61.8 Å². The van der Waals surface area contributed by atoms with Gasteiger partial charge in [-0.3, -0.25) is 52.7 Å². The number of aryl methyl sites for hydroxylation is 1. The van der Waals surface area contributed by atoms with E-state index in [1.807, 2.05) is 34.6 Å². The molecule has 1 unspecified atom stereocenters. The van der Waals surface area contributed by atoms with Crippen molar-refractivity contribution >= 4 is 65.0 Å². The van der Waals surface area contributed by atoms with Gasteiger partial charge in [-0.05, 0) is 101 Å². The molecule has 4 N–H and O–H groups in total. The van der Waals surface area contributed by atoms with Crippen LogP contribution in [-0.2, 0) is 65.3 Å². The molecular formula is C62H100F3N11O11. The molecule has 1 aromatic rings. The lowest BCUT2D eigenvalue weighted by Crippen LogP contribution is -2.63. The maximum Gasteiger partial charge on any atom is 0.416 e. The standard InChI is InChI=1S/C62H100F3N11O11/c1-18-39(6)53-59(86)72(13)35-51(79)70(11)36-52(80)74(15)48(33-43-22-20-19-21-23-43)58(85)71(12)34-49(77)67-45(29-26-42-24-27-44(28-25-42)62(63,64)65)57(84)75(16)47(31-38(4)5)56(83)69-61(9,10)60(87)76(17)46(30-37(2)3)55(82)66-40(7)32-50(78)73(14)41(8)54(81)68-53/h24-25,27-28,37-41,43,45-48,53H,18-23,26,29-36H2,1-17H3,(H,66,82)(H,67,77)(H,68,81)(H,69,83)/t39?,40-,41+,45+,46+,47+,48+,53+/m1/s1. The van der Waals surface area contributed by atoms with Crippen molar-refractivity contribution in [2.24, 2.45) is 23.7 Å². The van der Waals surface area contributed by atoms with Gasteiger partial charge in [0.2, 0.25) is 65.0 Å². The van der Waals surface area contributed by atoms with Crippen LogP contribution in [0.25, 0.3) is 0 Å². The summed E-state index contributed by atoms with van der Waals surface area (Å²) in [6.07, 6.45) is 0.224. The van der Waals surface area contributed by atoms with Crippen LogP contribution in [0.4, 0.5) is 13.2 Å². The van der Waals surface area contributed by atoms with E-state index in [1.54, 1.807) is 13.8 Å². The molecule has 1 aliphatic carbocycles. The summed E-state index contributed by atoms with van der Waals surface area (Å²) < 4.78 is 40.7. The van der Waals surface area contributed by atoms with Gasteiger partial charge >= 0.3 is 6.18 Å². The number of carbonyl (C=O) groups excluding carboxylic acids is 11. The van der Waals surface area contributed by atoms with Gasteiger partial charge in [-0.15, -0.1) is 0 Å². The number of nitrogens with one attached hydrogen (secondary N) is 4. The summed E-state index contributed by atoms with van der Waals surface area (Å²) >= 11 is 0. The van der Waals surface area contributed by atoms with Crippen molar-refractivity contribution in [1.29, 1.82) is 0 Å². The number of rotatable bonds is 11. The van der Waals surface area contributed by atoms with Crippen molar-refractivity contribution in [3.8, 4) is 0 Å². The van der Waals surface area contributed by atoms with Gasteiger partial charge in [-0.25, -0.2) is 0 Å². The summed E-state index contributed by atoms with van der Waals surface area (Å²) in [4.78, 5) is 165. The first-order valence-corrected chi connectivity index (χ1v) is 30.5. The molecule has 8 atom stereocenters. The molecule has 22 nitrogen and oxygen atoms in total. The summed E-state index contributed by atoms with van der Waals surface area (Å²) in [6, 6.07) is -3.63. The zero-order chi connectivity index (χ0) is 66.2. The third kappa shape index (κ3) is 21.8. The van der Waals surface area contributed by atoms with Crippen LogP contribution in [-0.4, -0.2) is 216 Å².